The van der Waals surface area contributed by atoms with Crippen LogP contribution in [0.1, 0.15) is 13.8 Å². The van der Waals surface area contributed by atoms with E-state index in [2.05, 4.69) is 15.9 Å². The number of alkyl halides is 1. The van der Waals surface area contributed by atoms with E-state index in [1.54, 1.807) is 0 Å². The van der Waals surface area contributed by atoms with E-state index < -0.39 is 234 Å². The largest absolute Gasteiger partial charge is 0.455 e. The Morgan fingerprint density at radius 3 is 0.750 bits per heavy atom. The zero-order chi connectivity index (χ0) is 52.8. The molecule has 22 rings (SSSR count). The predicted molar refractivity (Wildman–Crippen MR) is 223 cm³/mol. The summed E-state index contributed by atoms with van der Waals surface area (Å²) in [7, 11) is 0. The first kappa shape index (κ1) is 58.5. The van der Waals surface area contributed by atoms with E-state index in [0.717, 1.165) is 0 Å². The molecule has 32 heteroatoms. The fraction of sp³-hybridized carbons (Fsp3) is 0.975. The minimum Gasteiger partial charge on any atom is -0.455 e. The molecule has 22 aliphatic heterocycles. The molecule has 22 fully saturated rings. The van der Waals surface area contributed by atoms with Gasteiger partial charge in [-0.15, -0.1) is 0 Å². The topological polar surface area (TPSA) is 481 Å². The number of ether oxygens (including phenoxy) is 13. The van der Waals surface area contributed by atoms with Crippen molar-refractivity contribution in [2.45, 2.75) is 202 Å². The van der Waals surface area contributed by atoms with E-state index >= 15 is 0 Å². The second kappa shape index (κ2) is 24.2. The number of aliphatic hydroxyl groups excluding tert-OH is 17. The first-order valence-corrected chi connectivity index (χ1v) is 23.7. The molecule has 418 valence electrons. The van der Waals surface area contributed by atoms with Crippen molar-refractivity contribution in [1.29, 1.82) is 0 Å². The normalized spacial score (nSPS) is 51.9. The number of esters is 1. The molecule has 17 N–H and O–H groups in total. The highest BCUT2D eigenvalue weighted by Gasteiger charge is 2.59. The maximum absolute atomic E-state index is 13.4. The molecule has 31 nitrogen and oxygen atoms in total. The third-order valence-electron chi connectivity index (χ3n) is 13.4. The number of hydrogen-bond donors (Lipinski definition) is 17. The van der Waals surface area contributed by atoms with Crippen LogP contribution in [0.25, 0.3) is 0 Å². The third kappa shape index (κ3) is 11.6. The highest BCUT2D eigenvalue weighted by atomic mass is 79.9. The van der Waals surface area contributed by atoms with E-state index in [1.165, 1.54) is 13.8 Å². The smallest absolute Gasteiger partial charge is 0.322 e. The summed E-state index contributed by atoms with van der Waals surface area (Å²) in [5.74, 6) is -1.06. The average Bonchev–Trinajstić information content (AvgIpc) is 3.35. The number of hydrogen-bond acceptors (Lipinski definition) is 31. The van der Waals surface area contributed by atoms with Crippen LogP contribution in [0.4, 0.5) is 0 Å². The van der Waals surface area contributed by atoms with Crippen LogP contribution in [0, 0.1) is 0 Å². The second-order valence-corrected chi connectivity index (χ2v) is 20.7. The lowest BCUT2D eigenvalue weighted by Crippen LogP contribution is -2.69. The number of halogens is 1. The van der Waals surface area contributed by atoms with Crippen LogP contribution in [0.2, 0.25) is 0 Å². The molecule has 0 unspecified atom stereocenters. The van der Waals surface area contributed by atoms with Crippen molar-refractivity contribution in [3.63, 3.8) is 0 Å². The summed E-state index contributed by atoms with van der Waals surface area (Å²) >= 11 is 3.14. The molecule has 22 saturated heterocycles. The highest BCUT2D eigenvalue weighted by molar-refractivity contribution is 9.10. The van der Waals surface area contributed by atoms with E-state index in [1.807, 2.05) is 0 Å². The van der Waals surface area contributed by atoms with Crippen LogP contribution < -0.4 is 0 Å². The van der Waals surface area contributed by atoms with E-state index in [0.29, 0.717) is 0 Å². The van der Waals surface area contributed by atoms with E-state index in [-0.39, 0.29) is 0 Å². The maximum Gasteiger partial charge on any atom is 0.322 e. The number of rotatable bonds is 8. The molecule has 0 aliphatic carbocycles. The summed E-state index contributed by atoms with van der Waals surface area (Å²) in [5, 5.41) is 187. The molecule has 0 aromatic rings. The molecule has 0 spiro atoms. The van der Waals surface area contributed by atoms with Crippen molar-refractivity contribution < 1.29 is 153 Å². The third-order valence-corrected chi connectivity index (χ3v) is 13.7. The Labute approximate surface area is 416 Å². The lowest BCUT2D eigenvalue weighted by Gasteiger charge is -2.51. The summed E-state index contributed by atoms with van der Waals surface area (Å²) in [6.45, 7) is -3.43. The molecule has 22 heterocycles. The molecule has 22 aliphatic rings. The van der Waals surface area contributed by atoms with Gasteiger partial charge in [-0.05, 0) is 13.8 Å². The molecule has 0 saturated carbocycles. The molecule has 0 aromatic heterocycles. The lowest BCUT2D eigenvalue weighted by atomic mass is 9.94. The van der Waals surface area contributed by atoms with E-state index in [9.17, 15) is 91.6 Å². The summed E-state index contributed by atoms with van der Waals surface area (Å²) in [5.41, 5.74) is 0. The molecule has 0 aromatic carbocycles. The minimum atomic E-state index is -2.21. The minimum absolute atomic E-state index is 1.01. The van der Waals surface area contributed by atoms with Crippen molar-refractivity contribution in [2.24, 2.45) is 0 Å². The monoisotopic (exact) mass is 1120 g/mol. The Bertz CT molecular complexity index is 1720. The molecule has 30 atom stereocenters. The SMILES string of the molecule is CC(C)(Br)C(=O)O[C@@H]1[C@@H](O)[C@H]2O[C@H]3[C@H](O)[C@@H](O)[C@@H](O[C@H]4[C@H](O)[C@@H](O)[C@@H](O[C@H]5[C@H](O)[C@@H](O)[C@@H](O[C@H]6[C@H](O)[C@@H](O)[C@@H](O[C@H]7[C@H](O)[C@@H](O)[C@@H](O[C@H]1[C@@H](CO)O2)O[C@@H]7CO)O[C@@H]6CO)O[C@@H]5CO)O[C@@H]4CO)O[C@@H]3CO. The number of carbonyl (C=O) groups excluding carboxylic acids is 1. The first-order valence-electron chi connectivity index (χ1n) is 22.9. The van der Waals surface area contributed by atoms with Gasteiger partial charge in [0.05, 0.1) is 39.6 Å². The molecule has 12 bridgehead atoms. The Morgan fingerprint density at radius 2 is 0.542 bits per heavy atom. The Morgan fingerprint density at radius 1 is 0.347 bits per heavy atom. The fourth-order valence-corrected chi connectivity index (χ4v) is 9.40. The number of aliphatic hydroxyl groups is 17. The maximum atomic E-state index is 13.4. The summed E-state index contributed by atoms with van der Waals surface area (Å²) in [6.07, 6.45) is -59.4. The van der Waals surface area contributed by atoms with Crippen LogP contribution >= 0.6 is 15.9 Å². The highest BCUT2D eigenvalue weighted by Crippen LogP contribution is 2.39. The quantitative estimate of drug-likeness (QED) is 0.0793. The Balaban J connectivity index is 1.23. The molecular formula is C40H65BrO31. The van der Waals surface area contributed by atoms with Crippen molar-refractivity contribution in [3.05, 3.63) is 0 Å². The van der Waals surface area contributed by atoms with Crippen LogP contribution in [0.5, 0.6) is 0 Å². The summed E-state index contributed by atoms with van der Waals surface area (Å²) in [4.78, 5) is 13.4. The molecule has 0 radical (unpaired) electrons. The molecule has 72 heavy (non-hydrogen) atoms. The fourth-order valence-electron chi connectivity index (χ4n) is 9.31. The van der Waals surface area contributed by atoms with Crippen LogP contribution in [-0.4, -0.2) is 321 Å². The number of carbonyl (C=O) groups is 1. The first-order chi connectivity index (χ1) is 34.0. The standard InChI is InChI=1S/C40H65BrO31/c1-40(2,41)39(59)72-32-25(58)38-65-14(8-47)31(32)71-37-24(57)19(52)29(12(6-45)64-37)69-35-22(55)17(50)27(10(4-43)62-35)67-33-20(53)15(48)26(9(3-42)60-33)66-34-21(54)16(49)28(11(5-44)61-34)68-36-23(56)18(51)30(70-38)13(7-46)63-36/h9-38,42-58H,3-8H2,1-2H3/t9-,10-,11-,12-,13-,14-,15-,16-,17-,18-,19-,20-,21-,22-,23-,24-,25-,26-,27-,28-,29-,30-,31+,32-,33-,34-,35-,36-,37-,38-/m1/s1. The van der Waals surface area contributed by atoms with Gasteiger partial charge < -0.3 is 148 Å². The van der Waals surface area contributed by atoms with Crippen LogP contribution in [0.15, 0.2) is 0 Å². The van der Waals surface area contributed by atoms with Gasteiger partial charge in [0.2, 0.25) is 0 Å². The van der Waals surface area contributed by atoms with Crippen LogP contribution in [-0.2, 0) is 66.4 Å². The van der Waals surface area contributed by atoms with Crippen molar-refractivity contribution in [2.75, 3.05) is 39.6 Å². The van der Waals surface area contributed by atoms with Crippen molar-refractivity contribution in [1.82, 2.24) is 0 Å². The zero-order valence-corrected chi connectivity index (χ0v) is 39.8. The molecular weight excluding hydrogens is 1060 g/mol. The van der Waals surface area contributed by atoms with Gasteiger partial charge in [0.25, 0.3) is 0 Å². The van der Waals surface area contributed by atoms with Gasteiger partial charge in [-0.3, -0.25) is 4.79 Å². The lowest BCUT2D eigenvalue weighted by molar-refractivity contribution is -0.404. The van der Waals surface area contributed by atoms with Gasteiger partial charge in [0, 0.05) is 0 Å². The van der Waals surface area contributed by atoms with E-state index in [4.69, 9.17) is 61.6 Å². The Kier molecular flexibility index (Phi) is 19.7. The summed E-state index contributed by atoms with van der Waals surface area (Å²) in [6, 6.07) is 0. The van der Waals surface area contributed by atoms with Crippen LogP contribution in [0.3, 0.4) is 0 Å². The Hall–Kier alpha value is -1.21. The summed E-state index contributed by atoms with van der Waals surface area (Å²) < 4.78 is 73.2. The zero-order valence-electron chi connectivity index (χ0n) is 38.3. The van der Waals surface area contributed by atoms with Gasteiger partial charge in [0.15, 0.2) is 43.8 Å². The molecule has 0 amide bonds. The van der Waals surface area contributed by atoms with Gasteiger partial charge in [-0.1, -0.05) is 15.9 Å². The van der Waals surface area contributed by atoms with Gasteiger partial charge in [0.1, 0.15) is 145 Å². The van der Waals surface area contributed by atoms with Crippen molar-refractivity contribution in [3.8, 4) is 0 Å². The predicted octanol–water partition coefficient (Wildman–Crippen LogP) is -11.3. The van der Waals surface area contributed by atoms with Gasteiger partial charge in [-0.25, -0.2) is 0 Å². The van der Waals surface area contributed by atoms with Crippen molar-refractivity contribution >= 4 is 21.9 Å². The van der Waals surface area contributed by atoms with Gasteiger partial charge >= 0.3 is 5.97 Å². The average molecular weight is 1120 g/mol. The second-order valence-electron chi connectivity index (χ2n) is 18.7. The van der Waals surface area contributed by atoms with Gasteiger partial charge in [-0.2, -0.15) is 0 Å².